The van der Waals surface area contributed by atoms with Crippen molar-refractivity contribution in [1.29, 1.82) is 0 Å². The number of pyridine rings is 1. The standard InChI is InChI=1S/C13H12F3N5O/c14-13(15,16)12-19-11(20-22-12)7-1-2-10(18-4-7)21-6-8-3-9(21)5-17-8/h1-2,4,8-9,17H,3,5-6H2/t8-,9-/m0/s1. The van der Waals surface area contributed by atoms with E-state index in [2.05, 4.69) is 29.9 Å². The predicted molar refractivity (Wildman–Crippen MR) is 70.1 cm³/mol. The van der Waals surface area contributed by atoms with Crippen molar-refractivity contribution in [1.82, 2.24) is 20.4 Å². The Morgan fingerprint density at radius 3 is 2.73 bits per heavy atom. The number of nitrogens with one attached hydrogen (secondary N) is 1. The van der Waals surface area contributed by atoms with Gasteiger partial charge in [0.2, 0.25) is 5.82 Å². The summed E-state index contributed by atoms with van der Waals surface area (Å²) in [6.45, 7) is 1.84. The molecule has 2 saturated heterocycles. The lowest BCUT2D eigenvalue weighted by atomic mass is 10.2. The average Bonchev–Trinajstić information content (AvgIpc) is 3.22. The van der Waals surface area contributed by atoms with E-state index in [1.54, 1.807) is 12.1 Å². The highest BCUT2D eigenvalue weighted by Gasteiger charge is 2.39. The van der Waals surface area contributed by atoms with E-state index in [9.17, 15) is 13.2 Å². The summed E-state index contributed by atoms with van der Waals surface area (Å²) in [4.78, 5) is 9.88. The van der Waals surface area contributed by atoms with Crippen LogP contribution in [0.15, 0.2) is 22.9 Å². The summed E-state index contributed by atoms with van der Waals surface area (Å²) in [6, 6.07) is 4.37. The number of piperazine rings is 1. The van der Waals surface area contributed by atoms with E-state index in [1.165, 1.54) is 6.20 Å². The van der Waals surface area contributed by atoms with Crippen LogP contribution in [0.5, 0.6) is 0 Å². The van der Waals surface area contributed by atoms with Crippen LogP contribution < -0.4 is 10.2 Å². The first-order chi connectivity index (χ1) is 10.5. The Morgan fingerprint density at radius 2 is 2.18 bits per heavy atom. The molecule has 0 aromatic carbocycles. The Balaban J connectivity index is 1.56. The van der Waals surface area contributed by atoms with Crippen LogP contribution in [0.3, 0.4) is 0 Å². The van der Waals surface area contributed by atoms with Crippen LogP contribution in [0, 0.1) is 0 Å². The van der Waals surface area contributed by atoms with Crippen molar-refractivity contribution in [3.8, 4) is 11.4 Å². The molecule has 22 heavy (non-hydrogen) atoms. The molecule has 2 atom stereocenters. The number of hydrogen-bond acceptors (Lipinski definition) is 6. The third kappa shape index (κ3) is 2.21. The van der Waals surface area contributed by atoms with Gasteiger partial charge < -0.3 is 14.7 Å². The summed E-state index contributed by atoms with van der Waals surface area (Å²) in [7, 11) is 0. The lowest BCUT2D eigenvalue weighted by Gasteiger charge is -2.28. The molecule has 0 radical (unpaired) electrons. The zero-order chi connectivity index (χ0) is 15.3. The van der Waals surface area contributed by atoms with Crippen LogP contribution in [-0.2, 0) is 6.18 Å². The second kappa shape index (κ2) is 4.67. The van der Waals surface area contributed by atoms with Crippen molar-refractivity contribution < 1.29 is 17.7 Å². The Morgan fingerprint density at radius 1 is 1.32 bits per heavy atom. The van der Waals surface area contributed by atoms with Gasteiger partial charge in [0.05, 0.1) is 0 Å². The van der Waals surface area contributed by atoms with Gasteiger partial charge >= 0.3 is 12.1 Å². The van der Waals surface area contributed by atoms with E-state index < -0.39 is 12.1 Å². The maximum atomic E-state index is 12.4. The summed E-state index contributed by atoms with van der Waals surface area (Å²) < 4.78 is 41.6. The molecule has 2 aromatic rings. The van der Waals surface area contributed by atoms with Gasteiger partial charge in [-0.15, -0.1) is 0 Å². The van der Waals surface area contributed by atoms with Gasteiger partial charge in [0, 0.05) is 36.9 Å². The minimum atomic E-state index is -4.64. The van der Waals surface area contributed by atoms with E-state index in [-0.39, 0.29) is 5.82 Å². The summed E-state index contributed by atoms with van der Waals surface area (Å²) in [5, 5.41) is 6.75. The number of rotatable bonds is 2. The van der Waals surface area contributed by atoms with Gasteiger partial charge in [-0.2, -0.15) is 18.2 Å². The maximum absolute atomic E-state index is 12.4. The van der Waals surface area contributed by atoms with E-state index in [4.69, 9.17) is 0 Å². The molecule has 6 nitrogen and oxygen atoms in total. The lowest BCUT2D eigenvalue weighted by molar-refractivity contribution is -0.159. The van der Waals surface area contributed by atoms with Gasteiger partial charge in [0.15, 0.2) is 0 Å². The second-order valence-electron chi connectivity index (χ2n) is 5.47. The number of alkyl halides is 3. The molecule has 0 amide bonds. The van der Waals surface area contributed by atoms with Crippen molar-refractivity contribution in [3.05, 3.63) is 24.2 Å². The molecule has 116 valence electrons. The van der Waals surface area contributed by atoms with Crippen LogP contribution in [-0.4, -0.2) is 40.3 Å². The van der Waals surface area contributed by atoms with Gasteiger partial charge in [0.25, 0.3) is 0 Å². The molecule has 9 heteroatoms. The zero-order valence-electron chi connectivity index (χ0n) is 11.3. The Hall–Kier alpha value is -2.16. The highest BCUT2D eigenvalue weighted by Crippen LogP contribution is 2.31. The fourth-order valence-electron chi connectivity index (χ4n) is 2.99. The molecule has 2 fully saturated rings. The quantitative estimate of drug-likeness (QED) is 0.910. The van der Waals surface area contributed by atoms with E-state index in [0.29, 0.717) is 17.6 Å². The topological polar surface area (TPSA) is 67.1 Å². The van der Waals surface area contributed by atoms with Crippen molar-refractivity contribution in [3.63, 3.8) is 0 Å². The SMILES string of the molecule is FC(F)(F)c1nc(-c2ccc(N3C[C@@H]4C[C@H]3CN4)nc2)no1. The largest absolute Gasteiger partial charge is 0.471 e. The summed E-state index contributed by atoms with van der Waals surface area (Å²) in [5.41, 5.74) is 0.394. The fraction of sp³-hybridized carbons (Fsp3) is 0.462. The third-order valence-corrected chi connectivity index (χ3v) is 4.03. The molecule has 4 rings (SSSR count). The molecule has 2 aliphatic heterocycles. The number of halogens is 3. The first-order valence-corrected chi connectivity index (χ1v) is 6.88. The summed E-state index contributed by atoms with van der Waals surface area (Å²) in [6.07, 6.45) is -2.07. The number of aromatic nitrogens is 3. The summed E-state index contributed by atoms with van der Waals surface area (Å²) in [5.74, 6) is -0.650. The molecular weight excluding hydrogens is 299 g/mol. The Bertz CT molecular complexity index is 684. The van der Waals surface area contributed by atoms with E-state index in [1.807, 2.05) is 0 Å². The van der Waals surface area contributed by atoms with Crippen LogP contribution in [0.1, 0.15) is 12.3 Å². The van der Waals surface area contributed by atoms with Crippen LogP contribution >= 0.6 is 0 Å². The average molecular weight is 311 g/mol. The minimum absolute atomic E-state index is 0.115. The first-order valence-electron chi connectivity index (χ1n) is 6.88. The highest BCUT2D eigenvalue weighted by atomic mass is 19.4. The normalized spacial score (nSPS) is 24.2. The Labute approximate surface area is 123 Å². The molecule has 2 aromatic heterocycles. The smallest absolute Gasteiger partial charge is 0.351 e. The molecule has 2 bridgehead atoms. The number of fused-ring (bicyclic) bond motifs is 2. The van der Waals surface area contributed by atoms with Gasteiger partial charge in [-0.05, 0) is 18.6 Å². The second-order valence-corrected chi connectivity index (χ2v) is 5.47. The van der Waals surface area contributed by atoms with Crippen LogP contribution in [0.25, 0.3) is 11.4 Å². The highest BCUT2D eigenvalue weighted by molar-refractivity contribution is 5.56. The summed E-state index contributed by atoms with van der Waals surface area (Å²) >= 11 is 0. The molecule has 0 unspecified atom stereocenters. The molecule has 0 saturated carbocycles. The van der Waals surface area contributed by atoms with Gasteiger partial charge in [-0.3, -0.25) is 0 Å². The number of nitrogens with zero attached hydrogens (tertiary/aromatic N) is 4. The van der Waals surface area contributed by atoms with Gasteiger partial charge in [-0.25, -0.2) is 4.98 Å². The number of anilines is 1. The fourth-order valence-corrected chi connectivity index (χ4v) is 2.99. The molecule has 1 N–H and O–H groups in total. The van der Waals surface area contributed by atoms with E-state index >= 15 is 0 Å². The zero-order valence-corrected chi connectivity index (χ0v) is 11.3. The van der Waals surface area contributed by atoms with E-state index in [0.717, 1.165) is 25.3 Å². The van der Waals surface area contributed by atoms with Crippen molar-refractivity contribution in [2.24, 2.45) is 0 Å². The molecule has 0 aliphatic carbocycles. The first kappa shape index (κ1) is 13.5. The van der Waals surface area contributed by atoms with Crippen molar-refractivity contribution in [2.75, 3.05) is 18.0 Å². The molecule has 4 heterocycles. The third-order valence-electron chi connectivity index (χ3n) is 4.03. The van der Waals surface area contributed by atoms with Gasteiger partial charge in [0.1, 0.15) is 5.82 Å². The van der Waals surface area contributed by atoms with Crippen LogP contribution in [0.4, 0.5) is 19.0 Å². The minimum Gasteiger partial charge on any atom is -0.351 e. The maximum Gasteiger partial charge on any atom is 0.471 e. The molecular formula is C13H12F3N5O. The number of hydrogen-bond donors (Lipinski definition) is 1. The monoisotopic (exact) mass is 311 g/mol. The lowest BCUT2D eigenvalue weighted by Crippen LogP contribution is -2.43. The van der Waals surface area contributed by atoms with Crippen molar-refractivity contribution in [2.45, 2.75) is 24.7 Å². The molecule has 2 aliphatic rings. The predicted octanol–water partition coefficient (Wildman–Crippen LogP) is 1.70. The van der Waals surface area contributed by atoms with Gasteiger partial charge in [-0.1, -0.05) is 5.16 Å². The van der Waals surface area contributed by atoms with Crippen LogP contribution in [0.2, 0.25) is 0 Å². The molecule has 0 spiro atoms. The van der Waals surface area contributed by atoms with Crippen molar-refractivity contribution >= 4 is 5.82 Å². The Kier molecular flexibility index (Phi) is 2.86.